The van der Waals surface area contributed by atoms with Gasteiger partial charge in [0, 0.05) is 81.0 Å². The number of likely N-dealkylation sites (tertiary alicyclic amines) is 1. The second-order valence-electron chi connectivity index (χ2n) is 17.7. The Morgan fingerprint density at radius 2 is 1.67 bits per heavy atom. The summed E-state index contributed by atoms with van der Waals surface area (Å²) in [6.45, 7) is 10.7. The molecule has 18 nitrogen and oxygen atoms in total. The number of pyridine rings is 1. The molecule has 1 aromatic heterocycles. The molecule has 9 N–H and O–H groups in total. The van der Waals surface area contributed by atoms with Crippen LogP contribution in [0.15, 0.2) is 18.2 Å². The van der Waals surface area contributed by atoms with Crippen molar-refractivity contribution in [2.24, 2.45) is 17.6 Å². The molecule has 4 heterocycles. The summed E-state index contributed by atoms with van der Waals surface area (Å²) in [5.74, 6) is -1.33. The molecule has 3 aliphatic rings. The van der Waals surface area contributed by atoms with E-state index in [0.717, 1.165) is 11.4 Å². The summed E-state index contributed by atoms with van der Waals surface area (Å²) < 4.78 is 5.57. The molecule has 0 aromatic carbocycles. The van der Waals surface area contributed by atoms with Crippen molar-refractivity contribution in [3.8, 4) is 0 Å². The highest BCUT2D eigenvalue weighted by molar-refractivity contribution is 7.98. The quantitative estimate of drug-likeness (QED) is 0.121. The van der Waals surface area contributed by atoms with E-state index in [1.165, 1.54) is 18.7 Å². The number of nitrogens with one attached hydrogen (secondary N) is 6. The Kier molecular flexibility index (Phi) is 21.7. The van der Waals surface area contributed by atoms with Crippen LogP contribution < -0.4 is 37.6 Å². The Hall–Kier alpha value is -3.82. The molecule has 0 saturated carbocycles. The molecule has 64 heavy (non-hydrogen) atoms. The van der Waals surface area contributed by atoms with Crippen molar-refractivity contribution in [1.82, 2.24) is 41.8 Å². The molecule has 3 aliphatic heterocycles. The van der Waals surface area contributed by atoms with Crippen LogP contribution in [-0.2, 0) is 49.8 Å². The van der Waals surface area contributed by atoms with Gasteiger partial charge in [-0.3, -0.25) is 44.0 Å². The van der Waals surface area contributed by atoms with Gasteiger partial charge in [0.25, 0.3) is 0 Å². The lowest BCUT2D eigenvalue weighted by Crippen LogP contribution is -2.65. The average molecular weight is 934 g/mol. The first-order valence-electron chi connectivity index (χ1n) is 22.6. The summed E-state index contributed by atoms with van der Waals surface area (Å²) in [6, 6.07) is 1.92. The summed E-state index contributed by atoms with van der Waals surface area (Å²) in [5.41, 5.74) is 5.87. The van der Waals surface area contributed by atoms with Crippen LogP contribution in [0.2, 0.25) is 0 Å². The summed E-state index contributed by atoms with van der Waals surface area (Å²) in [7, 11) is 0. The Labute approximate surface area is 386 Å². The van der Waals surface area contributed by atoms with E-state index in [0.29, 0.717) is 55.4 Å². The first kappa shape index (κ1) is 52.8. The van der Waals surface area contributed by atoms with Gasteiger partial charge in [-0.05, 0) is 56.6 Å². The standard InChI is InChI=1S/C44H71N9O9S2/c1-6-28(4)38-42(60)49-35(41(59)47-30-12-17-53(18-13-30)23-37(56)48-33(39(45)57)11-10-29(5)54)26-64-25-32-9-7-8-31(46-32)24-63-21-14-36(55)52-44(15-19-62-20-16-44)43(61)50-34(22-27(2)3)40(58)51-38/h7-9,27-28,30,33-35,38,41,47,59H,6,10-26H2,1-5H3,(H2,45,57)(H,48,56)(H,49,60)(H,50,61)(H,51,58)(H,52,55)/t28-,33+,34-,35-,38-,41?/m0/s1. The van der Waals surface area contributed by atoms with E-state index < -0.39 is 59.6 Å². The molecule has 358 valence electrons. The van der Waals surface area contributed by atoms with E-state index in [4.69, 9.17) is 15.5 Å². The highest BCUT2D eigenvalue weighted by Gasteiger charge is 2.43. The number of piperidine rings is 1. The molecule has 1 spiro atoms. The minimum Gasteiger partial charge on any atom is -0.381 e. The molecule has 2 bridgehead atoms. The molecule has 2 saturated heterocycles. The van der Waals surface area contributed by atoms with Crippen molar-refractivity contribution < 1.29 is 43.4 Å². The molecule has 20 heteroatoms. The van der Waals surface area contributed by atoms with Crippen LogP contribution in [0.25, 0.3) is 0 Å². The number of hydrogen-bond donors (Lipinski definition) is 8. The van der Waals surface area contributed by atoms with Gasteiger partial charge in [0.05, 0.1) is 24.0 Å². The van der Waals surface area contributed by atoms with Gasteiger partial charge in [-0.2, -0.15) is 23.5 Å². The van der Waals surface area contributed by atoms with Gasteiger partial charge in [-0.1, -0.05) is 40.2 Å². The topological polar surface area (TPSA) is 263 Å². The number of carbonyl (C=O) groups excluding carboxylic acids is 7. The maximum absolute atomic E-state index is 14.3. The number of aliphatic hydroxyl groups excluding tert-OH is 1. The van der Waals surface area contributed by atoms with E-state index in [1.807, 2.05) is 50.8 Å². The molecule has 1 aromatic rings. The normalized spacial score (nSPS) is 24.1. The monoisotopic (exact) mass is 933 g/mol. The molecule has 0 radical (unpaired) electrons. The number of nitrogens with zero attached hydrogens (tertiary/aromatic N) is 2. The van der Waals surface area contributed by atoms with Gasteiger partial charge in [0.1, 0.15) is 35.7 Å². The number of hydrogen-bond acceptors (Lipinski definition) is 14. The van der Waals surface area contributed by atoms with E-state index in [-0.39, 0.29) is 93.8 Å². The van der Waals surface area contributed by atoms with Crippen LogP contribution in [0.1, 0.15) is 104 Å². The van der Waals surface area contributed by atoms with E-state index in [1.54, 1.807) is 11.8 Å². The van der Waals surface area contributed by atoms with Crippen molar-refractivity contribution in [2.75, 3.05) is 44.4 Å². The molecule has 6 atom stereocenters. The Morgan fingerprint density at radius 1 is 1.00 bits per heavy atom. The third-order valence-electron chi connectivity index (χ3n) is 12.0. The lowest BCUT2D eigenvalue weighted by Gasteiger charge is -2.38. The molecular weight excluding hydrogens is 863 g/mol. The van der Waals surface area contributed by atoms with Crippen LogP contribution >= 0.6 is 23.5 Å². The molecule has 6 amide bonds. The second kappa shape index (κ2) is 26.4. The lowest BCUT2D eigenvalue weighted by atomic mass is 9.87. The predicted octanol–water partition coefficient (Wildman–Crippen LogP) is 0.875. The van der Waals surface area contributed by atoms with Gasteiger partial charge in [0.2, 0.25) is 35.4 Å². The fourth-order valence-electron chi connectivity index (χ4n) is 7.91. The zero-order valence-electron chi connectivity index (χ0n) is 38.1. The molecule has 2 fully saturated rings. The van der Waals surface area contributed by atoms with Crippen molar-refractivity contribution in [3.63, 3.8) is 0 Å². The molecule has 0 aliphatic carbocycles. The van der Waals surface area contributed by atoms with Gasteiger partial charge in [-0.25, -0.2) is 0 Å². The van der Waals surface area contributed by atoms with Crippen molar-refractivity contribution >= 4 is 64.8 Å². The van der Waals surface area contributed by atoms with Crippen LogP contribution in [0.4, 0.5) is 0 Å². The minimum atomic E-state index is -1.26. The fraction of sp³-hybridized carbons (Fsp3) is 0.727. The van der Waals surface area contributed by atoms with Gasteiger partial charge in [0.15, 0.2) is 0 Å². The highest BCUT2D eigenvalue weighted by Crippen LogP contribution is 2.24. The number of fused-ring (bicyclic) bond motifs is 2. The number of carbonyl (C=O) groups is 7. The summed E-state index contributed by atoms with van der Waals surface area (Å²) in [6.07, 6.45) is 1.78. The number of ether oxygens (including phenoxy) is 1. The zero-order valence-corrected chi connectivity index (χ0v) is 39.7. The highest BCUT2D eigenvalue weighted by atomic mass is 32.2. The number of Topliss-reactive ketones (excluding diaryl/α,β-unsaturated/α-hetero) is 1. The first-order valence-corrected chi connectivity index (χ1v) is 24.9. The SMILES string of the molecule is CC[C@H](C)[C@@H]1NC(=O)[C@H](CC(C)C)NC(=O)C2(CCOCC2)NC(=O)CCSCc2cccc(n2)CSC[C@@H](C(O)NC2CCN(CC(=O)N[C@H](CCC(C)=O)C(N)=O)CC2)NC1=O. The number of nitrogens with two attached hydrogens (primary N) is 1. The second-order valence-corrected chi connectivity index (χ2v) is 19.9. The molecule has 1 unspecified atom stereocenters. The van der Waals surface area contributed by atoms with E-state index >= 15 is 0 Å². The summed E-state index contributed by atoms with van der Waals surface area (Å²) in [5, 5.41) is 29.7. The van der Waals surface area contributed by atoms with Gasteiger partial charge < -0.3 is 47.0 Å². The smallest absolute Gasteiger partial charge is 0.246 e. The van der Waals surface area contributed by atoms with E-state index in [9.17, 15) is 38.7 Å². The Balaban J connectivity index is 1.52. The number of rotatable bonds is 14. The average Bonchev–Trinajstić information content (AvgIpc) is 3.25. The Morgan fingerprint density at radius 3 is 2.30 bits per heavy atom. The third kappa shape index (κ3) is 17.2. The maximum Gasteiger partial charge on any atom is 0.246 e. The number of amides is 6. The van der Waals surface area contributed by atoms with Crippen LogP contribution in [-0.4, -0.2) is 143 Å². The van der Waals surface area contributed by atoms with Crippen LogP contribution in [0, 0.1) is 11.8 Å². The summed E-state index contributed by atoms with van der Waals surface area (Å²) in [4.78, 5) is 98.9. The number of aromatic nitrogens is 1. The van der Waals surface area contributed by atoms with Gasteiger partial charge in [-0.15, -0.1) is 0 Å². The van der Waals surface area contributed by atoms with Crippen molar-refractivity contribution in [1.29, 1.82) is 0 Å². The first-order chi connectivity index (χ1) is 30.5. The number of thioether (sulfide) groups is 2. The number of aliphatic hydroxyl groups is 1. The van der Waals surface area contributed by atoms with Gasteiger partial charge >= 0.3 is 0 Å². The van der Waals surface area contributed by atoms with E-state index in [2.05, 4.69) is 31.9 Å². The molecular formula is C44H71N9O9S2. The lowest BCUT2D eigenvalue weighted by molar-refractivity contribution is -0.140. The van der Waals surface area contributed by atoms with Crippen LogP contribution in [0.3, 0.4) is 0 Å². The van der Waals surface area contributed by atoms with Crippen molar-refractivity contribution in [3.05, 3.63) is 29.6 Å². The zero-order chi connectivity index (χ0) is 46.8. The number of ketones is 1. The molecule has 4 rings (SSSR count). The van der Waals surface area contributed by atoms with Crippen LogP contribution in [0.5, 0.6) is 0 Å². The number of primary amides is 1. The van der Waals surface area contributed by atoms with Crippen molar-refractivity contribution in [2.45, 2.75) is 146 Å². The Bertz CT molecular complexity index is 1740. The fourth-order valence-corrected chi connectivity index (χ4v) is 9.76. The third-order valence-corrected chi connectivity index (χ3v) is 14.0. The summed E-state index contributed by atoms with van der Waals surface area (Å²) >= 11 is 3.06. The maximum atomic E-state index is 14.3. The predicted molar refractivity (Wildman–Crippen MR) is 246 cm³/mol. The largest absolute Gasteiger partial charge is 0.381 e. The minimum absolute atomic E-state index is 0.00115.